The van der Waals surface area contributed by atoms with Gasteiger partial charge in [0.05, 0.1) is 0 Å². The van der Waals surface area contributed by atoms with Crippen LogP contribution in [-0.4, -0.2) is 140 Å². The van der Waals surface area contributed by atoms with Gasteiger partial charge in [0, 0.05) is 58.5 Å². The molecule has 82 heavy (non-hydrogen) atoms. The molecule has 0 saturated carbocycles. The smallest absolute Gasteiger partial charge is 0.445 e. The Balaban J connectivity index is 0.00000119. The van der Waals surface area contributed by atoms with Crippen molar-refractivity contribution in [1.29, 1.82) is 0 Å². The van der Waals surface area contributed by atoms with Crippen molar-refractivity contribution in [1.82, 2.24) is 47.1 Å². The Morgan fingerprint density at radius 1 is 0.402 bits per heavy atom. The van der Waals surface area contributed by atoms with E-state index in [0.717, 1.165) is 36.0 Å². The van der Waals surface area contributed by atoms with Crippen LogP contribution in [0.3, 0.4) is 0 Å². The van der Waals surface area contributed by atoms with Crippen LogP contribution in [0.2, 0.25) is 0 Å². The van der Waals surface area contributed by atoms with Crippen molar-refractivity contribution < 1.29 is 90.1 Å². The maximum Gasteiger partial charge on any atom is 3.00 e. The zero-order chi connectivity index (χ0) is 60.7. The normalized spacial score (nSPS) is 12.4. The van der Waals surface area contributed by atoms with E-state index in [1.807, 2.05) is 133 Å². The van der Waals surface area contributed by atoms with E-state index in [-0.39, 0.29) is 112 Å². The van der Waals surface area contributed by atoms with Crippen molar-refractivity contribution in [3.8, 4) is 0 Å². The van der Waals surface area contributed by atoms with Gasteiger partial charge >= 0.3 is 35.3 Å². The van der Waals surface area contributed by atoms with Crippen LogP contribution < -0.4 is 31.9 Å². The van der Waals surface area contributed by atoms with E-state index in [1.165, 1.54) is 20.8 Å². The number of hydroxylamine groups is 6. The number of benzene rings is 3. The fourth-order valence-electron chi connectivity index (χ4n) is 6.67. The molecule has 455 valence electrons. The Labute approximate surface area is 492 Å². The second-order valence-electron chi connectivity index (χ2n) is 19.1. The quantitative estimate of drug-likeness (QED) is 0.0146. The van der Waals surface area contributed by atoms with Gasteiger partial charge in [-0.2, -0.15) is 0 Å². The van der Waals surface area contributed by atoms with Gasteiger partial charge in [-0.1, -0.05) is 112 Å². The molecule has 0 saturated heterocycles. The molecule has 9 N–H and O–H groups in total. The first-order valence-electron chi connectivity index (χ1n) is 27.2. The van der Waals surface area contributed by atoms with Crippen molar-refractivity contribution >= 4 is 53.7 Å². The van der Waals surface area contributed by atoms with Crippen molar-refractivity contribution in [2.75, 3.05) is 19.6 Å². The first kappa shape index (κ1) is 74.7. The van der Waals surface area contributed by atoms with Gasteiger partial charge in [0.25, 0.3) is 0 Å². The molecule has 3 aromatic carbocycles. The van der Waals surface area contributed by atoms with Crippen LogP contribution in [0.5, 0.6) is 0 Å². The molecule has 0 fully saturated rings. The molecule has 24 nitrogen and oxygen atoms in total. The number of nitrogens with zero attached hydrogens (tertiary/aromatic N) is 3. The third-order valence-electron chi connectivity index (χ3n) is 12.1. The molecule has 0 aromatic heterocycles. The maximum atomic E-state index is 12.4. The molecular formula is C57H87FeN9O15+3. The van der Waals surface area contributed by atoms with E-state index < -0.39 is 54.1 Å². The second-order valence-corrected chi connectivity index (χ2v) is 19.1. The van der Waals surface area contributed by atoms with Gasteiger partial charge < -0.3 is 46.1 Å². The molecular weight excluding hydrogens is 1110 g/mol. The van der Waals surface area contributed by atoms with Gasteiger partial charge in [0.15, 0.2) is 0 Å². The number of hydrogen-bond donors (Lipinski definition) is 9. The third kappa shape index (κ3) is 34.7. The molecule has 0 aliphatic carbocycles. The molecule has 3 aromatic rings. The number of nitrogens with one attached hydrogen (secondary N) is 6. The topological polar surface area (TPSA) is 324 Å². The van der Waals surface area contributed by atoms with Gasteiger partial charge in [-0.15, -0.1) is 0 Å². The summed E-state index contributed by atoms with van der Waals surface area (Å²) in [7, 11) is 0. The van der Waals surface area contributed by atoms with E-state index in [0.29, 0.717) is 34.5 Å². The summed E-state index contributed by atoms with van der Waals surface area (Å²) in [5.74, 6) is -2.42. The Hall–Kier alpha value is -7.31. The summed E-state index contributed by atoms with van der Waals surface area (Å²) in [6.45, 7) is 15.7. The standard InChI is InChI=1S/3C19H29N3O5.Fe/c3*1-4-14(2)20-18(24)17(11-8-12-22(26)15(3)23)21-19(25)27-13-16-9-6-5-7-10-16;/h3*5-7,9-10,14,17,26H,4,8,11-13H2,1-3H3,(H,20,24)(H,21,25);/q;;;+3/t3*14?,17-;/m000./s1. The Morgan fingerprint density at radius 3 is 0.817 bits per heavy atom. The molecule has 0 bridgehead atoms. The van der Waals surface area contributed by atoms with Crippen LogP contribution in [0.15, 0.2) is 91.0 Å². The number of hydrogen-bond acceptors (Lipinski definition) is 15. The number of amides is 9. The molecule has 6 atom stereocenters. The summed E-state index contributed by atoms with van der Waals surface area (Å²) in [4.78, 5) is 107. The van der Waals surface area contributed by atoms with Crippen LogP contribution >= 0.6 is 0 Å². The number of rotatable bonds is 30. The van der Waals surface area contributed by atoms with E-state index >= 15 is 0 Å². The zero-order valence-corrected chi connectivity index (χ0v) is 49.8. The first-order valence-corrected chi connectivity index (χ1v) is 27.2. The van der Waals surface area contributed by atoms with Crippen molar-refractivity contribution in [2.24, 2.45) is 0 Å². The fourth-order valence-corrected chi connectivity index (χ4v) is 6.67. The van der Waals surface area contributed by atoms with Crippen molar-refractivity contribution in [3.05, 3.63) is 108 Å². The van der Waals surface area contributed by atoms with Gasteiger partial charge in [-0.3, -0.25) is 44.4 Å². The largest absolute Gasteiger partial charge is 3.00 e. The van der Waals surface area contributed by atoms with Gasteiger partial charge in [-0.25, -0.2) is 29.6 Å². The number of ether oxygens (including phenoxy) is 3. The van der Waals surface area contributed by atoms with E-state index in [9.17, 15) is 58.8 Å². The van der Waals surface area contributed by atoms with Crippen LogP contribution in [0, 0.1) is 0 Å². The Bertz CT molecular complexity index is 2090. The van der Waals surface area contributed by atoms with Crippen LogP contribution in [0.1, 0.15) is 137 Å². The Kier molecular flexibility index (Phi) is 39.6. The minimum Gasteiger partial charge on any atom is -0.445 e. The summed E-state index contributed by atoms with van der Waals surface area (Å²) < 4.78 is 15.5. The predicted octanol–water partition coefficient (Wildman–Crippen LogP) is 6.64. The number of carbonyl (C=O) groups is 9. The minimum atomic E-state index is -0.817. The van der Waals surface area contributed by atoms with Gasteiger partial charge in [0.1, 0.15) is 37.9 Å². The molecule has 1 radical (unpaired) electrons. The third-order valence-corrected chi connectivity index (χ3v) is 12.1. The average molecular weight is 1190 g/mol. The summed E-state index contributed by atoms with van der Waals surface area (Å²) in [5, 5.41) is 46.2. The molecule has 3 rings (SSSR count). The summed E-state index contributed by atoms with van der Waals surface area (Å²) in [5.41, 5.74) is 2.52. The minimum absolute atomic E-state index is 0. The zero-order valence-electron chi connectivity index (χ0n) is 48.7. The molecule has 0 spiro atoms. The Morgan fingerprint density at radius 2 is 0.622 bits per heavy atom. The summed E-state index contributed by atoms with van der Waals surface area (Å²) in [6, 6.07) is 25.1. The molecule has 25 heteroatoms. The maximum absolute atomic E-state index is 12.4. The second kappa shape index (κ2) is 43.4. The van der Waals surface area contributed by atoms with Crippen molar-refractivity contribution in [3.63, 3.8) is 0 Å². The van der Waals surface area contributed by atoms with Crippen molar-refractivity contribution in [2.45, 2.75) is 176 Å². The summed E-state index contributed by atoms with van der Waals surface area (Å²) >= 11 is 0. The van der Waals surface area contributed by atoms with E-state index in [4.69, 9.17) is 14.2 Å². The van der Waals surface area contributed by atoms with E-state index in [2.05, 4.69) is 31.9 Å². The first-order chi connectivity index (χ1) is 38.5. The van der Waals surface area contributed by atoms with Gasteiger partial charge in [-0.05, 0) is 95.2 Å². The number of alkyl carbamates (subject to hydrolysis) is 3. The molecule has 0 aliphatic heterocycles. The fraction of sp³-hybridized carbons (Fsp3) is 0.526. The van der Waals surface area contributed by atoms with Crippen LogP contribution in [0.25, 0.3) is 0 Å². The molecule has 3 unspecified atom stereocenters. The predicted molar refractivity (Wildman–Crippen MR) is 300 cm³/mol. The molecule has 0 heterocycles. The van der Waals surface area contributed by atoms with Crippen LogP contribution in [0.4, 0.5) is 14.4 Å². The average Bonchev–Trinajstić information content (AvgIpc) is 3.46. The molecule has 9 amide bonds. The summed E-state index contributed by atoms with van der Waals surface area (Å²) in [6.07, 6.45) is 1.96. The monoisotopic (exact) mass is 1190 g/mol. The number of carbonyl (C=O) groups excluding carboxylic acids is 9. The molecule has 0 aliphatic rings. The van der Waals surface area contributed by atoms with Crippen LogP contribution in [-0.2, 0) is 79.9 Å². The SMILES string of the molecule is CCC(C)NC(=O)[C@H](CCCN(O)C(C)=O)NC(=O)OCc1ccccc1.CCC(C)NC(=O)[C@H](CCCN(O)C(C)=O)NC(=O)OCc1ccccc1.CCC(C)NC(=O)[C@H](CCCN(O)C(C)=O)NC(=O)OCc1ccccc1.[Fe+3]. The van der Waals surface area contributed by atoms with Gasteiger partial charge in [0.2, 0.25) is 35.4 Å². The van der Waals surface area contributed by atoms with E-state index in [1.54, 1.807) is 0 Å².